The van der Waals surface area contributed by atoms with Gasteiger partial charge in [-0.2, -0.15) is 0 Å². The Bertz CT molecular complexity index is 433. The molecular formula is C18H33N3O5. The number of piperidine rings is 1. The molecule has 0 aromatic carbocycles. The van der Waals surface area contributed by atoms with Crippen molar-refractivity contribution in [2.45, 2.75) is 19.8 Å². The number of nitrogens with zero attached hydrogens (tertiary/aromatic N) is 3. The Morgan fingerprint density at radius 2 is 1.65 bits per heavy atom. The minimum atomic E-state index is -0.914. The predicted octanol–water partition coefficient (Wildman–Crippen LogP) is -0.0197. The number of carboxylic acid groups (broad SMARTS) is 1. The molecule has 150 valence electrons. The quantitative estimate of drug-likeness (QED) is 0.424. The lowest BCUT2D eigenvalue weighted by Gasteiger charge is -2.38. The standard InChI is InChI=1S/C18H33N3O5/c1-2-26-18(24)14-20-5-3-16(4-6-20)13-21-9-7-19(8-10-21)11-12-25-15-17(22)23/h16H,2-15H2,1H3,(H,22,23). The van der Waals surface area contributed by atoms with Crippen LogP contribution in [-0.2, 0) is 19.1 Å². The number of ether oxygens (including phenoxy) is 2. The summed E-state index contributed by atoms with van der Waals surface area (Å²) in [6, 6.07) is 0. The highest BCUT2D eigenvalue weighted by atomic mass is 16.5. The largest absolute Gasteiger partial charge is 0.480 e. The maximum atomic E-state index is 11.6. The summed E-state index contributed by atoms with van der Waals surface area (Å²) in [6.07, 6.45) is 2.28. The van der Waals surface area contributed by atoms with E-state index in [1.807, 2.05) is 6.92 Å². The molecule has 2 fully saturated rings. The second-order valence-corrected chi connectivity index (χ2v) is 7.11. The van der Waals surface area contributed by atoms with Crippen LogP contribution in [0.5, 0.6) is 0 Å². The average molecular weight is 371 g/mol. The molecule has 0 spiro atoms. The van der Waals surface area contributed by atoms with Crippen LogP contribution in [0.2, 0.25) is 0 Å². The van der Waals surface area contributed by atoms with Crippen LogP contribution in [0.25, 0.3) is 0 Å². The number of carbonyl (C=O) groups is 2. The van der Waals surface area contributed by atoms with E-state index in [1.165, 1.54) is 0 Å². The molecule has 0 aliphatic carbocycles. The zero-order valence-corrected chi connectivity index (χ0v) is 15.9. The average Bonchev–Trinajstić information content (AvgIpc) is 2.62. The number of hydrogen-bond donors (Lipinski definition) is 1. The van der Waals surface area contributed by atoms with Crippen molar-refractivity contribution in [2.24, 2.45) is 5.92 Å². The van der Waals surface area contributed by atoms with Gasteiger partial charge in [0.15, 0.2) is 0 Å². The molecule has 8 heteroatoms. The molecule has 0 saturated carbocycles. The summed E-state index contributed by atoms with van der Waals surface area (Å²) < 4.78 is 10.1. The van der Waals surface area contributed by atoms with Crippen LogP contribution in [0.1, 0.15) is 19.8 Å². The highest BCUT2D eigenvalue weighted by Crippen LogP contribution is 2.19. The zero-order chi connectivity index (χ0) is 18.8. The van der Waals surface area contributed by atoms with Crippen molar-refractivity contribution in [3.63, 3.8) is 0 Å². The van der Waals surface area contributed by atoms with E-state index in [0.717, 1.165) is 65.2 Å². The second-order valence-electron chi connectivity index (χ2n) is 7.11. The Morgan fingerprint density at radius 3 is 2.27 bits per heavy atom. The summed E-state index contributed by atoms with van der Waals surface area (Å²) in [5.41, 5.74) is 0. The van der Waals surface area contributed by atoms with Gasteiger partial charge in [0.25, 0.3) is 0 Å². The number of rotatable bonds is 10. The molecular weight excluding hydrogens is 338 g/mol. The van der Waals surface area contributed by atoms with Crippen LogP contribution in [0.15, 0.2) is 0 Å². The molecule has 2 rings (SSSR count). The lowest BCUT2D eigenvalue weighted by Crippen LogP contribution is -2.49. The van der Waals surface area contributed by atoms with Gasteiger partial charge in [0.05, 0.1) is 19.8 Å². The van der Waals surface area contributed by atoms with Gasteiger partial charge in [0.1, 0.15) is 6.61 Å². The number of esters is 1. The van der Waals surface area contributed by atoms with Crippen LogP contribution in [-0.4, -0.2) is 110 Å². The molecule has 2 aliphatic heterocycles. The smallest absolute Gasteiger partial charge is 0.329 e. The normalized spacial score (nSPS) is 21.0. The van der Waals surface area contributed by atoms with E-state index < -0.39 is 5.97 Å². The number of hydrogen-bond acceptors (Lipinski definition) is 7. The molecule has 0 aromatic rings. The number of carboxylic acids is 1. The van der Waals surface area contributed by atoms with Gasteiger partial charge in [-0.05, 0) is 38.8 Å². The number of carbonyl (C=O) groups excluding carboxylic acids is 1. The lowest BCUT2D eigenvalue weighted by molar-refractivity contribution is -0.145. The van der Waals surface area contributed by atoms with E-state index in [1.54, 1.807) is 0 Å². The Morgan fingerprint density at radius 1 is 1.00 bits per heavy atom. The van der Waals surface area contributed by atoms with Crippen molar-refractivity contribution >= 4 is 11.9 Å². The van der Waals surface area contributed by atoms with E-state index in [9.17, 15) is 9.59 Å². The third-order valence-corrected chi connectivity index (χ3v) is 5.12. The highest BCUT2D eigenvalue weighted by molar-refractivity contribution is 5.71. The molecule has 0 atom stereocenters. The Kier molecular flexibility index (Phi) is 9.31. The second kappa shape index (κ2) is 11.5. The van der Waals surface area contributed by atoms with E-state index in [2.05, 4.69) is 14.7 Å². The predicted molar refractivity (Wildman–Crippen MR) is 97.1 cm³/mol. The lowest BCUT2D eigenvalue weighted by atomic mass is 9.96. The number of likely N-dealkylation sites (tertiary alicyclic amines) is 1. The van der Waals surface area contributed by atoms with Crippen molar-refractivity contribution in [2.75, 3.05) is 78.7 Å². The molecule has 26 heavy (non-hydrogen) atoms. The minimum absolute atomic E-state index is 0.116. The van der Waals surface area contributed by atoms with Crippen molar-refractivity contribution in [1.82, 2.24) is 14.7 Å². The molecule has 0 radical (unpaired) electrons. The first kappa shape index (κ1) is 21.1. The molecule has 0 bridgehead atoms. The van der Waals surface area contributed by atoms with Gasteiger partial charge in [-0.1, -0.05) is 0 Å². The van der Waals surface area contributed by atoms with Gasteiger partial charge in [-0.25, -0.2) is 4.79 Å². The summed E-state index contributed by atoms with van der Waals surface area (Å²) in [6.45, 7) is 11.0. The Hall–Kier alpha value is -1.22. The Balaban J connectivity index is 1.54. The fourth-order valence-electron chi connectivity index (χ4n) is 3.63. The fraction of sp³-hybridized carbons (Fsp3) is 0.889. The molecule has 0 unspecified atom stereocenters. The topological polar surface area (TPSA) is 82.5 Å². The van der Waals surface area contributed by atoms with Crippen LogP contribution >= 0.6 is 0 Å². The SMILES string of the molecule is CCOC(=O)CN1CCC(CN2CCN(CCOCC(=O)O)CC2)CC1. The van der Waals surface area contributed by atoms with Gasteiger partial charge in [0, 0.05) is 39.3 Å². The van der Waals surface area contributed by atoms with Crippen molar-refractivity contribution < 1.29 is 24.2 Å². The zero-order valence-electron chi connectivity index (χ0n) is 15.9. The van der Waals surface area contributed by atoms with Crippen LogP contribution in [0, 0.1) is 5.92 Å². The Labute approximate surface area is 156 Å². The summed E-state index contributed by atoms with van der Waals surface area (Å²) in [4.78, 5) is 29.0. The summed E-state index contributed by atoms with van der Waals surface area (Å²) in [7, 11) is 0. The molecule has 1 N–H and O–H groups in total. The van der Waals surface area contributed by atoms with Gasteiger partial charge in [-0.15, -0.1) is 0 Å². The minimum Gasteiger partial charge on any atom is -0.480 e. The third kappa shape index (κ3) is 7.99. The maximum absolute atomic E-state index is 11.6. The monoisotopic (exact) mass is 371 g/mol. The van der Waals surface area contributed by atoms with Gasteiger partial charge in [0.2, 0.25) is 0 Å². The maximum Gasteiger partial charge on any atom is 0.329 e. The van der Waals surface area contributed by atoms with E-state index in [0.29, 0.717) is 25.7 Å². The van der Waals surface area contributed by atoms with Crippen molar-refractivity contribution in [3.8, 4) is 0 Å². The molecule has 2 aliphatic rings. The van der Waals surface area contributed by atoms with Crippen molar-refractivity contribution in [1.29, 1.82) is 0 Å². The highest BCUT2D eigenvalue weighted by Gasteiger charge is 2.24. The summed E-state index contributed by atoms with van der Waals surface area (Å²) in [5.74, 6) is -0.323. The first-order valence-corrected chi connectivity index (χ1v) is 9.69. The third-order valence-electron chi connectivity index (χ3n) is 5.12. The molecule has 2 heterocycles. The first-order valence-electron chi connectivity index (χ1n) is 9.69. The van der Waals surface area contributed by atoms with E-state index >= 15 is 0 Å². The molecule has 0 amide bonds. The van der Waals surface area contributed by atoms with Gasteiger partial charge >= 0.3 is 11.9 Å². The van der Waals surface area contributed by atoms with Crippen molar-refractivity contribution in [3.05, 3.63) is 0 Å². The fourth-order valence-corrected chi connectivity index (χ4v) is 3.63. The number of piperazine rings is 1. The van der Waals surface area contributed by atoms with Crippen LogP contribution < -0.4 is 0 Å². The molecule has 0 aromatic heterocycles. The van der Waals surface area contributed by atoms with Crippen LogP contribution in [0.3, 0.4) is 0 Å². The van der Waals surface area contributed by atoms with Gasteiger partial charge in [-0.3, -0.25) is 14.6 Å². The van der Waals surface area contributed by atoms with E-state index in [-0.39, 0.29) is 12.6 Å². The molecule has 2 saturated heterocycles. The number of aliphatic carboxylic acids is 1. The van der Waals surface area contributed by atoms with E-state index in [4.69, 9.17) is 14.6 Å². The first-order chi connectivity index (χ1) is 12.6. The summed E-state index contributed by atoms with van der Waals surface area (Å²) >= 11 is 0. The molecule has 8 nitrogen and oxygen atoms in total. The summed E-state index contributed by atoms with van der Waals surface area (Å²) in [5, 5.41) is 8.55. The van der Waals surface area contributed by atoms with Crippen LogP contribution in [0.4, 0.5) is 0 Å². The van der Waals surface area contributed by atoms with Gasteiger partial charge < -0.3 is 19.5 Å².